The third kappa shape index (κ3) is 2.43. The molecule has 0 spiro atoms. The van der Waals surface area contributed by atoms with Crippen LogP contribution in [0.4, 0.5) is 5.69 Å². The van der Waals surface area contributed by atoms with Crippen LogP contribution in [0.3, 0.4) is 0 Å². The molecule has 0 saturated heterocycles. The summed E-state index contributed by atoms with van der Waals surface area (Å²) < 4.78 is 10.4. The third-order valence-corrected chi connectivity index (χ3v) is 3.16. The molecule has 6 nitrogen and oxygen atoms in total. The Morgan fingerprint density at radius 2 is 2.10 bits per heavy atom. The second-order valence-corrected chi connectivity index (χ2v) is 4.57. The van der Waals surface area contributed by atoms with Crippen LogP contribution >= 0.6 is 0 Å². The molecule has 0 fully saturated rings. The Hall–Kier alpha value is -2.89. The van der Waals surface area contributed by atoms with Crippen molar-refractivity contribution >= 4 is 5.69 Å². The summed E-state index contributed by atoms with van der Waals surface area (Å²) in [6.07, 6.45) is 3.46. The Morgan fingerprint density at radius 1 is 1.24 bits per heavy atom. The molecule has 3 aromatic rings. The summed E-state index contributed by atoms with van der Waals surface area (Å²) in [5, 5.41) is 4.01. The van der Waals surface area contributed by atoms with Crippen LogP contribution in [0.1, 0.15) is 5.56 Å². The lowest BCUT2D eigenvalue weighted by molar-refractivity contribution is 0.416. The molecule has 0 aliphatic rings. The first kappa shape index (κ1) is 13.1. The Bertz CT molecular complexity index is 783. The first-order valence-corrected chi connectivity index (χ1v) is 6.37. The number of ether oxygens (including phenoxy) is 1. The Labute approximate surface area is 121 Å². The number of nitrogens with zero attached hydrogens (tertiary/aromatic N) is 3. The van der Waals surface area contributed by atoms with E-state index in [1.807, 2.05) is 19.1 Å². The van der Waals surface area contributed by atoms with Gasteiger partial charge in [0.15, 0.2) is 0 Å². The normalized spacial score (nSPS) is 10.6. The van der Waals surface area contributed by atoms with Crippen molar-refractivity contribution in [3.8, 4) is 28.6 Å². The number of methoxy groups -OCH3 is 1. The fourth-order valence-electron chi connectivity index (χ4n) is 2.04. The lowest BCUT2D eigenvalue weighted by atomic mass is 10.1. The smallest absolute Gasteiger partial charge is 0.258 e. The number of hydrogen-bond donors (Lipinski definition) is 1. The molecule has 0 aliphatic heterocycles. The van der Waals surface area contributed by atoms with Crippen molar-refractivity contribution in [1.82, 2.24) is 15.1 Å². The van der Waals surface area contributed by atoms with Crippen LogP contribution in [-0.4, -0.2) is 22.2 Å². The fraction of sp³-hybridized carbons (Fsp3) is 0.133. The zero-order valence-corrected chi connectivity index (χ0v) is 11.7. The van der Waals surface area contributed by atoms with Gasteiger partial charge in [0.05, 0.1) is 12.8 Å². The standard InChI is InChI=1S/C15H14N4O2/c1-9-8-17-6-5-11(9)14-18-15(21-19-14)10-3-4-13(20-2)12(16)7-10/h3-8H,16H2,1-2H3. The molecular weight excluding hydrogens is 268 g/mol. The van der Waals surface area contributed by atoms with Crippen LogP contribution in [0.15, 0.2) is 41.2 Å². The van der Waals surface area contributed by atoms with Crippen molar-refractivity contribution in [3.63, 3.8) is 0 Å². The van der Waals surface area contributed by atoms with Crippen LogP contribution in [0, 0.1) is 6.92 Å². The van der Waals surface area contributed by atoms with Crippen molar-refractivity contribution in [2.45, 2.75) is 6.92 Å². The lowest BCUT2D eigenvalue weighted by Crippen LogP contribution is -1.92. The summed E-state index contributed by atoms with van der Waals surface area (Å²) in [4.78, 5) is 8.46. The summed E-state index contributed by atoms with van der Waals surface area (Å²) in [5.74, 6) is 1.55. The van der Waals surface area contributed by atoms with Crippen LogP contribution in [0.25, 0.3) is 22.8 Å². The van der Waals surface area contributed by atoms with Gasteiger partial charge in [0, 0.05) is 23.5 Å². The van der Waals surface area contributed by atoms with E-state index in [2.05, 4.69) is 15.1 Å². The van der Waals surface area contributed by atoms with Crippen molar-refractivity contribution < 1.29 is 9.26 Å². The summed E-state index contributed by atoms with van der Waals surface area (Å²) in [7, 11) is 1.57. The Balaban J connectivity index is 1.99. The van der Waals surface area contributed by atoms with Gasteiger partial charge < -0.3 is 15.0 Å². The molecule has 2 N–H and O–H groups in total. The highest BCUT2D eigenvalue weighted by Gasteiger charge is 2.13. The maximum absolute atomic E-state index is 5.89. The minimum atomic E-state index is 0.413. The number of nitrogens with two attached hydrogens (primary N) is 1. The van der Waals surface area contributed by atoms with Gasteiger partial charge in [-0.1, -0.05) is 5.16 Å². The monoisotopic (exact) mass is 282 g/mol. The van der Waals surface area contributed by atoms with Crippen LogP contribution in [-0.2, 0) is 0 Å². The SMILES string of the molecule is COc1ccc(-c2nc(-c3ccncc3C)no2)cc1N. The van der Waals surface area contributed by atoms with E-state index in [4.69, 9.17) is 15.0 Å². The van der Waals surface area contributed by atoms with E-state index in [1.165, 1.54) is 0 Å². The zero-order valence-electron chi connectivity index (χ0n) is 11.7. The number of rotatable bonds is 3. The minimum Gasteiger partial charge on any atom is -0.495 e. The molecule has 3 rings (SSSR count). The maximum atomic E-state index is 5.89. The molecule has 0 saturated carbocycles. The lowest BCUT2D eigenvalue weighted by Gasteiger charge is -2.04. The summed E-state index contributed by atoms with van der Waals surface area (Å²) in [6.45, 7) is 1.95. The first-order valence-electron chi connectivity index (χ1n) is 6.37. The predicted octanol–water partition coefficient (Wildman–Crippen LogP) is 2.70. The maximum Gasteiger partial charge on any atom is 0.258 e. The van der Waals surface area contributed by atoms with E-state index in [1.54, 1.807) is 31.6 Å². The van der Waals surface area contributed by atoms with Crippen molar-refractivity contribution in [3.05, 3.63) is 42.2 Å². The summed E-state index contributed by atoms with van der Waals surface area (Å²) >= 11 is 0. The van der Waals surface area contributed by atoms with Crippen LogP contribution in [0.2, 0.25) is 0 Å². The van der Waals surface area contributed by atoms with E-state index in [0.29, 0.717) is 23.2 Å². The Morgan fingerprint density at radius 3 is 2.81 bits per heavy atom. The van der Waals surface area contributed by atoms with Crippen LogP contribution < -0.4 is 10.5 Å². The number of pyridine rings is 1. The summed E-state index contributed by atoms with van der Waals surface area (Å²) in [6, 6.07) is 7.19. The van der Waals surface area contributed by atoms with Gasteiger partial charge in [0.25, 0.3) is 5.89 Å². The molecule has 1 aromatic carbocycles. The van der Waals surface area contributed by atoms with Gasteiger partial charge in [-0.2, -0.15) is 4.98 Å². The number of aromatic nitrogens is 3. The molecule has 0 unspecified atom stereocenters. The average Bonchev–Trinajstić information content (AvgIpc) is 2.97. The number of aryl methyl sites for hydroxylation is 1. The number of anilines is 1. The fourth-order valence-corrected chi connectivity index (χ4v) is 2.04. The van der Waals surface area contributed by atoms with Gasteiger partial charge in [-0.25, -0.2) is 0 Å². The summed E-state index contributed by atoms with van der Waals surface area (Å²) in [5.41, 5.74) is 9.04. The van der Waals surface area contributed by atoms with E-state index in [9.17, 15) is 0 Å². The number of nitrogen functional groups attached to an aromatic ring is 1. The van der Waals surface area contributed by atoms with Crippen molar-refractivity contribution in [2.24, 2.45) is 0 Å². The van der Waals surface area contributed by atoms with Crippen molar-refractivity contribution in [2.75, 3.05) is 12.8 Å². The average molecular weight is 282 g/mol. The molecule has 6 heteroatoms. The topological polar surface area (TPSA) is 87.1 Å². The largest absolute Gasteiger partial charge is 0.495 e. The van der Waals surface area contributed by atoms with Gasteiger partial charge in [0.1, 0.15) is 5.75 Å². The van der Waals surface area contributed by atoms with Crippen molar-refractivity contribution in [1.29, 1.82) is 0 Å². The van der Waals surface area contributed by atoms with E-state index >= 15 is 0 Å². The molecule has 0 aliphatic carbocycles. The Kier molecular flexibility index (Phi) is 3.27. The van der Waals surface area contributed by atoms with Gasteiger partial charge in [0.2, 0.25) is 5.82 Å². The first-order chi connectivity index (χ1) is 10.2. The van der Waals surface area contributed by atoms with Gasteiger partial charge >= 0.3 is 0 Å². The molecule has 0 radical (unpaired) electrons. The van der Waals surface area contributed by atoms with Crippen LogP contribution in [0.5, 0.6) is 5.75 Å². The molecule has 2 aromatic heterocycles. The number of benzene rings is 1. The number of hydrogen-bond acceptors (Lipinski definition) is 6. The quantitative estimate of drug-likeness (QED) is 0.743. The molecule has 0 bridgehead atoms. The zero-order chi connectivity index (χ0) is 14.8. The van der Waals surface area contributed by atoms with E-state index in [-0.39, 0.29) is 0 Å². The third-order valence-electron chi connectivity index (χ3n) is 3.16. The highest BCUT2D eigenvalue weighted by molar-refractivity contribution is 5.67. The van der Waals surface area contributed by atoms with Gasteiger partial charge in [-0.3, -0.25) is 4.98 Å². The molecule has 0 atom stereocenters. The van der Waals surface area contributed by atoms with E-state index < -0.39 is 0 Å². The predicted molar refractivity (Wildman–Crippen MR) is 78.7 cm³/mol. The molecule has 0 amide bonds. The van der Waals surface area contributed by atoms with Gasteiger partial charge in [-0.15, -0.1) is 0 Å². The second-order valence-electron chi connectivity index (χ2n) is 4.57. The molecular formula is C15H14N4O2. The van der Waals surface area contributed by atoms with Gasteiger partial charge in [-0.05, 0) is 36.8 Å². The molecule has 106 valence electrons. The highest BCUT2D eigenvalue weighted by Crippen LogP contribution is 2.29. The highest BCUT2D eigenvalue weighted by atomic mass is 16.5. The molecule has 21 heavy (non-hydrogen) atoms. The minimum absolute atomic E-state index is 0.413. The molecule has 2 heterocycles. The van der Waals surface area contributed by atoms with E-state index in [0.717, 1.165) is 16.7 Å². The second kappa shape index (κ2) is 5.24.